The number of anilines is 1. The van der Waals surface area contributed by atoms with Crippen LogP contribution in [0.4, 0.5) is 10.5 Å². The van der Waals surface area contributed by atoms with E-state index in [1.165, 1.54) is 0 Å². The van der Waals surface area contributed by atoms with Crippen molar-refractivity contribution in [3.05, 3.63) is 24.3 Å². The molecule has 3 amide bonds. The molecule has 1 aromatic rings. The molecule has 2 heterocycles. The van der Waals surface area contributed by atoms with Crippen molar-refractivity contribution in [2.24, 2.45) is 23.2 Å². The molecular formula is C28H43N3O5. The number of β-amino-alcohol motifs (C(OH)–C–C–N with tert-alkyl or cyclic N) is 1. The fraction of sp³-hybridized carbons (Fsp3) is 0.714. The van der Waals surface area contributed by atoms with E-state index in [1.807, 2.05) is 47.9 Å². The Labute approximate surface area is 215 Å². The number of nitrogens with one attached hydrogen (secondary N) is 1. The van der Waals surface area contributed by atoms with Crippen molar-refractivity contribution in [3.8, 4) is 5.75 Å². The number of urea groups is 1. The molecule has 4 rings (SSSR count). The highest BCUT2D eigenvalue weighted by Gasteiger charge is 2.37. The second-order valence-corrected chi connectivity index (χ2v) is 11.6. The molecule has 8 heteroatoms. The lowest BCUT2D eigenvalue weighted by Crippen LogP contribution is -2.48. The number of benzene rings is 1. The van der Waals surface area contributed by atoms with Crippen LogP contribution in [0.3, 0.4) is 0 Å². The van der Waals surface area contributed by atoms with Crippen LogP contribution in [0.25, 0.3) is 0 Å². The van der Waals surface area contributed by atoms with Crippen LogP contribution < -0.4 is 10.1 Å². The molecular weight excluding hydrogens is 458 g/mol. The van der Waals surface area contributed by atoms with Crippen molar-refractivity contribution in [1.29, 1.82) is 0 Å². The average Bonchev–Trinajstić information content (AvgIpc) is 3.67. The normalized spacial score (nSPS) is 27.8. The van der Waals surface area contributed by atoms with Gasteiger partial charge in [0.2, 0.25) is 5.91 Å². The van der Waals surface area contributed by atoms with E-state index in [-0.39, 0.29) is 23.8 Å². The first-order valence-electron chi connectivity index (χ1n) is 13.5. The molecule has 3 aliphatic rings. The highest BCUT2D eigenvalue weighted by atomic mass is 16.5. The molecule has 1 aromatic carbocycles. The lowest BCUT2D eigenvalue weighted by atomic mass is 9.80. The minimum absolute atomic E-state index is 0.118. The van der Waals surface area contributed by atoms with Gasteiger partial charge in [-0.05, 0) is 62.0 Å². The van der Waals surface area contributed by atoms with Crippen LogP contribution in [0.15, 0.2) is 24.3 Å². The number of aliphatic hydroxyl groups excluding tert-OH is 1. The molecule has 0 radical (unpaired) electrons. The zero-order valence-electron chi connectivity index (χ0n) is 22.1. The number of hydrogen-bond donors (Lipinski definition) is 2. The Hall–Kier alpha value is -2.32. The highest BCUT2D eigenvalue weighted by molar-refractivity contribution is 5.89. The van der Waals surface area contributed by atoms with Crippen molar-refractivity contribution >= 4 is 17.6 Å². The van der Waals surface area contributed by atoms with E-state index in [0.29, 0.717) is 56.6 Å². The monoisotopic (exact) mass is 501 g/mol. The molecule has 3 atom stereocenters. The molecule has 36 heavy (non-hydrogen) atoms. The van der Waals surface area contributed by atoms with E-state index < -0.39 is 11.5 Å². The van der Waals surface area contributed by atoms with Crippen molar-refractivity contribution in [1.82, 2.24) is 9.80 Å². The van der Waals surface area contributed by atoms with Gasteiger partial charge in [-0.25, -0.2) is 4.79 Å². The number of ether oxygens (including phenoxy) is 2. The summed E-state index contributed by atoms with van der Waals surface area (Å²) in [5, 5.41) is 14.0. The lowest BCUT2D eigenvalue weighted by molar-refractivity contribution is -0.136. The summed E-state index contributed by atoms with van der Waals surface area (Å²) in [6.07, 6.45) is 4.76. The van der Waals surface area contributed by atoms with Crippen molar-refractivity contribution < 1.29 is 24.2 Å². The zero-order valence-corrected chi connectivity index (χ0v) is 22.1. The molecule has 2 saturated heterocycles. The Balaban J connectivity index is 1.43. The number of likely N-dealkylation sites (tertiary alicyclic amines) is 1. The van der Waals surface area contributed by atoms with Crippen LogP contribution in [-0.2, 0) is 9.53 Å². The first-order valence-corrected chi connectivity index (χ1v) is 13.5. The number of aliphatic hydroxyl groups is 1. The smallest absolute Gasteiger partial charge is 0.321 e. The number of nitrogens with zero attached hydrogens (tertiary/aromatic N) is 2. The SMILES string of the molecule is COc1cccc(NC(=O)N2CC[C@H]3CC(=O)N(CC4CC4)C[C@H](O)C(C)(C)COCCC[C@H]3C2)c1. The number of rotatable bonds is 4. The van der Waals surface area contributed by atoms with Crippen LogP contribution in [0.2, 0.25) is 0 Å². The van der Waals surface area contributed by atoms with Gasteiger partial charge in [-0.1, -0.05) is 19.9 Å². The number of hydrogen-bond acceptors (Lipinski definition) is 5. The van der Waals surface area contributed by atoms with E-state index >= 15 is 0 Å². The van der Waals surface area contributed by atoms with Crippen LogP contribution >= 0.6 is 0 Å². The van der Waals surface area contributed by atoms with Gasteiger partial charge in [-0.3, -0.25) is 4.79 Å². The Kier molecular flexibility index (Phi) is 8.78. The Bertz CT molecular complexity index is 903. The third-order valence-electron chi connectivity index (χ3n) is 8.10. The molecule has 1 aliphatic carbocycles. The third kappa shape index (κ3) is 7.13. The topological polar surface area (TPSA) is 91.3 Å². The van der Waals surface area contributed by atoms with Crippen LogP contribution in [0.5, 0.6) is 5.75 Å². The Morgan fingerprint density at radius 2 is 2.00 bits per heavy atom. The number of carbonyl (C=O) groups excluding carboxylic acids is 2. The maximum atomic E-state index is 13.5. The number of piperidine rings is 1. The summed E-state index contributed by atoms with van der Waals surface area (Å²) in [4.78, 5) is 30.3. The maximum absolute atomic E-state index is 13.5. The molecule has 3 fully saturated rings. The molecule has 1 saturated carbocycles. The number of fused-ring (bicyclic) bond motifs is 1. The molecule has 0 spiro atoms. The molecule has 2 aliphatic heterocycles. The Morgan fingerprint density at radius 3 is 2.75 bits per heavy atom. The van der Waals surface area contributed by atoms with Crippen molar-refractivity contribution in [3.63, 3.8) is 0 Å². The first-order chi connectivity index (χ1) is 17.2. The predicted octanol–water partition coefficient (Wildman–Crippen LogP) is 3.99. The van der Waals surface area contributed by atoms with Gasteiger partial charge in [0.15, 0.2) is 0 Å². The molecule has 0 aromatic heterocycles. The second kappa shape index (κ2) is 11.8. The fourth-order valence-corrected chi connectivity index (χ4v) is 5.34. The summed E-state index contributed by atoms with van der Waals surface area (Å²) in [6, 6.07) is 7.25. The molecule has 8 nitrogen and oxygen atoms in total. The highest BCUT2D eigenvalue weighted by Crippen LogP contribution is 2.34. The van der Waals surface area contributed by atoms with Gasteiger partial charge in [0.25, 0.3) is 0 Å². The Morgan fingerprint density at radius 1 is 1.19 bits per heavy atom. The first kappa shape index (κ1) is 26.7. The third-order valence-corrected chi connectivity index (χ3v) is 8.10. The molecule has 0 unspecified atom stereocenters. The lowest BCUT2D eigenvalue weighted by Gasteiger charge is -2.39. The van der Waals surface area contributed by atoms with Gasteiger partial charge in [0, 0.05) is 56.4 Å². The standard InChI is InChI=1S/C28H43N3O5/c1-28(2)19-36-13-5-6-22-17-30(27(34)29-23-7-4-8-24(15-23)35-3)12-11-21(22)14-26(33)31(18-25(28)32)16-20-9-10-20/h4,7-8,15,20-22,25,32H,5-6,9-14,16-19H2,1-3H3,(H,29,34)/t21-,22-,25-/m0/s1. The molecule has 200 valence electrons. The predicted molar refractivity (Wildman–Crippen MR) is 139 cm³/mol. The van der Waals surface area contributed by atoms with Gasteiger partial charge in [0.1, 0.15) is 5.75 Å². The number of methoxy groups -OCH3 is 1. The summed E-state index contributed by atoms with van der Waals surface area (Å²) in [5.74, 6) is 1.87. The summed E-state index contributed by atoms with van der Waals surface area (Å²) in [5.41, 5.74) is 0.287. The number of carbonyl (C=O) groups is 2. The fourth-order valence-electron chi connectivity index (χ4n) is 5.34. The van der Waals surface area contributed by atoms with Gasteiger partial charge >= 0.3 is 6.03 Å². The van der Waals surface area contributed by atoms with Gasteiger partial charge in [-0.15, -0.1) is 0 Å². The second-order valence-electron chi connectivity index (χ2n) is 11.6. The summed E-state index contributed by atoms with van der Waals surface area (Å²) >= 11 is 0. The van der Waals surface area contributed by atoms with E-state index in [4.69, 9.17) is 9.47 Å². The summed E-state index contributed by atoms with van der Waals surface area (Å²) in [6.45, 7) is 7.45. The maximum Gasteiger partial charge on any atom is 0.321 e. The van der Waals surface area contributed by atoms with Crippen LogP contribution in [0, 0.1) is 23.2 Å². The average molecular weight is 502 g/mol. The minimum Gasteiger partial charge on any atom is -0.497 e. The van der Waals surface area contributed by atoms with Crippen molar-refractivity contribution in [2.75, 3.05) is 51.8 Å². The van der Waals surface area contributed by atoms with E-state index in [2.05, 4.69) is 5.32 Å². The van der Waals surface area contributed by atoms with Crippen LogP contribution in [0.1, 0.15) is 52.4 Å². The number of amides is 3. The van der Waals surface area contributed by atoms with Gasteiger partial charge in [0.05, 0.1) is 19.8 Å². The van der Waals surface area contributed by atoms with Crippen LogP contribution in [-0.4, -0.2) is 79.5 Å². The van der Waals surface area contributed by atoms with E-state index in [0.717, 1.165) is 38.6 Å². The largest absolute Gasteiger partial charge is 0.497 e. The minimum atomic E-state index is -0.626. The molecule has 0 bridgehead atoms. The zero-order chi connectivity index (χ0) is 25.7. The summed E-state index contributed by atoms with van der Waals surface area (Å²) < 4.78 is 11.2. The molecule has 2 N–H and O–H groups in total. The quantitative estimate of drug-likeness (QED) is 0.651. The van der Waals surface area contributed by atoms with Gasteiger partial charge < -0.3 is 29.7 Å². The van der Waals surface area contributed by atoms with E-state index in [9.17, 15) is 14.7 Å². The summed E-state index contributed by atoms with van der Waals surface area (Å²) in [7, 11) is 1.61. The van der Waals surface area contributed by atoms with Gasteiger partial charge in [-0.2, -0.15) is 0 Å². The van der Waals surface area contributed by atoms with E-state index in [1.54, 1.807) is 7.11 Å². The van der Waals surface area contributed by atoms with Crippen molar-refractivity contribution in [2.45, 2.75) is 58.5 Å².